The van der Waals surface area contributed by atoms with Crippen molar-refractivity contribution < 1.29 is 9.53 Å². The van der Waals surface area contributed by atoms with E-state index in [1.54, 1.807) is 18.2 Å². The molecule has 1 N–H and O–H groups in total. The van der Waals surface area contributed by atoms with Crippen LogP contribution < -0.4 is 10.1 Å². The van der Waals surface area contributed by atoms with Gasteiger partial charge in [0.15, 0.2) is 6.61 Å². The van der Waals surface area contributed by atoms with Gasteiger partial charge in [0.1, 0.15) is 5.75 Å². The van der Waals surface area contributed by atoms with Gasteiger partial charge in [-0.3, -0.25) is 4.79 Å². The summed E-state index contributed by atoms with van der Waals surface area (Å²) in [4.78, 5) is 14.2. The van der Waals surface area contributed by atoms with Gasteiger partial charge in [-0.05, 0) is 73.0 Å². The van der Waals surface area contributed by atoms with Crippen molar-refractivity contribution in [3.05, 3.63) is 27.7 Å². The van der Waals surface area contributed by atoms with Crippen molar-refractivity contribution in [2.75, 3.05) is 32.8 Å². The quantitative estimate of drug-likeness (QED) is 0.726. The van der Waals surface area contributed by atoms with Crippen LogP contribution in [0.1, 0.15) is 25.7 Å². The molecule has 0 aliphatic carbocycles. The molecular weight excluding hydrogens is 368 g/mol. The summed E-state index contributed by atoms with van der Waals surface area (Å²) in [6.07, 6.45) is 4.94. The van der Waals surface area contributed by atoms with E-state index < -0.39 is 0 Å². The summed E-state index contributed by atoms with van der Waals surface area (Å²) in [5.74, 6) is 0.522. The molecule has 1 heterocycles. The van der Waals surface area contributed by atoms with Crippen LogP contribution in [-0.2, 0) is 4.79 Å². The summed E-state index contributed by atoms with van der Waals surface area (Å²) in [6, 6.07) is 5.22. The van der Waals surface area contributed by atoms with Crippen LogP contribution in [0, 0.1) is 0 Å². The maximum Gasteiger partial charge on any atom is 0.257 e. The Morgan fingerprint density at radius 1 is 1.32 bits per heavy atom. The lowest BCUT2D eigenvalue weighted by Gasteiger charge is -2.26. The number of ether oxygens (including phenoxy) is 1. The van der Waals surface area contributed by atoms with Crippen LogP contribution in [0.3, 0.4) is 0 Å². The largest absolute Gasteiger partial charge is 0.483 e. The maximum absolute atomic E-state index is 11.8. The molecule has 1 saturated heterocycles. The van der Waals surface area contributed by atoms with Gasteiger partial charge in [-0.15, -0.1) is 0 Å². The molecule has 2 rings (SSSR count). The summed E-state index contributed by atoms with van der Waals surface area (Å²) in [5, 5.41) is 3.52. The van der Waals surface area contributed by atoms with Gasteiger partial charge in [-0.2, -0.15) is 0 Å². The Morgan fingerprint density at radius 2 is 2.09 bits per heavy atom. The molecule has 122 valence electrons. The highest BCUT2D eigenvalue weighted by Crippen LogP contribution is 2.27. The van der Waals surface area contributed by atoms with Crippen LogP contribution >= 0.6 is 27.5 Å². The molecule has 0 spiro atoms. The molecule has 1 aliphatic rings. The zero-order valence-electron chi connectivity index (χ0n) is 12.6. The summed E-state index contributed by atoms with van der Waals surface area (Å²) >= 11 is 9.22. The van der Waals surface area contributed by atoms with Crippen LogP contribution in [0.25, 0.3) is 0 Å². The molecule has 1 amide bonds. The average molecular weight is 390 g/mol. The van der Waals surface area contributed by atoms with Gasteiger partial charge in [-0.25, -0.2) is 0 Å². The summed E-state index contributed by atoms with van der Waals surface area (Å²) in [5.41, 5.74) is 0. The number of hydrogen-bond donors (Lipinski definition) is 1. The lowest BCUT2D eigenvalue weighted by atomic mass is 10.1. The van der Waals surface area contributed by atoms with Crippen molar-refractivity contribution in [2.45, 2.75) is 25.7 Å². The van der Waals surface area contributed by atoms with E-state index in [2.05, 4.69) is 26.1 Å². The third-order valence-electron chi connectivity index (χ3n) is 3.67. The van der Waals surface area contributed by atoms with E-state index in [9.17, 15) is 4.79 Å². The predicted molar refractivity (Wildman–Crippen MR) is 92.6 cm³/mol. The fraction of sp³-hybridized carbons (Fsp3) is 0.562. The average Bonchev–Trinajstić information content (AvgIpc) is 2.52. The number of carbonyl (C=O) groups excluding carboxylic acids is 1. The highest BCUT2D eigenvalue weighted by atomic mass is 79.9. The Hall–Kier alpha value is -0.780. The first-order valence-corrected chi connectivity index (χ1v) is 8.89. The Balaban J connectivity index is 1.59. The van der Waals surface area contributed by atoms with Gasteiger partial charge in [0, 0.05) is 11.6 Å². The van der Waals surface area contributed by atoms with Gasteiger partial charge in [-0.1, -0.05) is 18.0 Å². The van der Waals surface area contributed by atoms with E-state index in [1.165, 1.54) is 32.4 Å². The number of piperidine rings is 1. The first-order chi connectivity index (χ1) is 10.6. The standard InChI is InChI=1S/C16H22BrClN2O2/c17-14-11-13(18)5-6-15(14)22-12-16(21)19-7-4-10-20-8-2-1-3-9-20/h5-6,11H,1-4,7-10,12H2,(H,19,21). The normalized spacial score (nSPS) is 15.5. The lowest BCUT2D eigenvalue weighted by molar-refractivity contribution is -0.123. The number of nitrogens with zero attached hydrogens (tertiary/aromatic N) is 1. The van der Waals surface area contributed by atoms with Crippen molar-refractivity contribution in [3.8, 4) is 5.75 Å². The minimum absolute atomic E-state index is 0.0178. The molecule has 0 radical (unpaired) electrons. The summed E-state index contributed by atoms with van der Waals surface area (Å²) < 4.78 is 6.22. The van der Waals surface area contributed by atoms with Crippen LogP contribution in [0.4, 0.5) is 0 Å². The number of benzene rings is 1. The number of amides is 1. The van der Waals surface area contributed by atoms with E-state index in [-0.39, 0.29) is 12.5 Å². The number of hydrogen-bond acceptors (Lipinski definition) is 3. The van der Waals surface area contributed by atoms with Gasteiger partial charge in [0.05, 0.1) is 4.47 Å². The summed E-state index contributed by atoms with van der Waals surface area (Å²) in [7, 11) is 0. The zero-order valence-corrected chi connectivity index (χ0v) is 15.0. The van der Waals surface area contributed by atoms with E-state index in [1.807, 2.05) is 0 Å². The van der Waals surface area contributed by atoms with Crippen LogP contribution in [-0.4, -0.2) is 43.6 Å². The topological polar surface area (TPSA) is 41.6 Å². The molecule has 22 heavy (non-hydrogen) atoms. The Morgan fingerprint density at radius 3 is 2.82 bits per heavy atom. The second-order valence-electron chi connectivity index (χ2n) is 5.47. The minimum Gasteiger partial charge on any atom is -0.483 e. The molecule has 0 unspecified atom stereocenters. The van der Waals surface area contributed by atoms with E-state index >= 15 is 0 Å². The van der Waals surface area contributed by atoms with Gasteiger partial charge in [0.25, 0.3) is 5.91 Å². The highest BCUT2D eigenvalue weighted by molar-refractivity contribution is 9.10. The molecule has 1 aliphatic heterocycles. The highest BCUT2D eigenvalue weighted by Gasteiger charge is 2.10. The monoisotopic (exact) mass is 388 g/mol. The second kappa shape index (κ2) is 9.38. The smallest absolute Gasteiger partial charge is 0.257 e. The van der Waals surface area contributed by atoms with Gasteiger partial charge in [0.2, 0.25) is 0 Å². The van der Waals surface area contributed by atoms with E-state index in [0.717, 1.165) is 17.4 Å². The molecule has 4 nitrogen and oxygen atoms in total. The van der Waals surface area contributed by atoms with E-state index in [4.69, 9.17) is 16.3 Å². The first-order valence-electron chi connectivity index (χ1n) is 7.72. The van der Waals surface area contributed by atoms with Crippen molar-refractivity contribution in [1.29, 1.82) is 0 Å². The van der Waals surface area contributed by atoms with Crippen molar-refractivity contribution in [2.24, 2.45) is 0 Å². The van der Waals surface area contributed by atoms with E-state index in [0.29, 0.717) is 17.3 Å². The van der Waals surface area contributed by atoms with Crippen molar-refractivity contribution >= 4 is 33.4 Å². The maximum atomic E-state index is 11.8. The molecular formula is C16H22BrClN2O2. The molecule has 0 saturated carbocycles. The first kappa shape index (κ1) is 17.6. The van der Waals surface area contributed by atoms with Crippen molar-refractivity contribution in [1.82, 2.24) is 10.2 Å². The zero-order chi connectivity index (χ0) is 15.8. The molecule has 1 fully saturated rings. The minimum atomic E-state index is -0.0968. The number of carbonyl (C=O) groups is 1. The molecule has 0 bridgehead atoms. The Kier molecular flexibility index (Phi) is 7.49. The summed E-state index contributed by atoms with van der Waals surface area (Å²) in [6.45, 7) is 4.16. The van der Waals surface area contributed by atoms with Gasteiger partial charge < -0.3 is 15.0 Å². The Bertz CT molecular complexity index is 493. The number of rotatable bonds is 7. The van der Waals surface area contributed by atoms with Crippen LogP contribution in [0.2, 0.25) is 5.02 Å². The SMILES string of the molecule is O=C(COc1ccc(Cl)cc1Br)NCCCN1CCCCC1. The van der Waals surface area contributed by atoms with Gasteiger partial charge >= 0.3 is 0 Å². The lowest BCUT2D eigenvalue weighted by Crippen LogP contribution is -2.34. The van der Waals surface area contributed by atoms with Crippen molar-refractivity contribution in [3.63, 3.8) is 0 Å². The molecule has 1 aromatic rings. The van der Waals surface area contributed by atoms with Crippen LogP contribution in [0.15, 0.2) is 22.7 Å². The Labute approximate surface area is 145 Å². The fourth-order valence-corrected chi connectivity index (χ4v) is 3.30. The molecule has 0 aromatic heterocycles. The number of halogens is 2. The van der Waals surface area contributed by atoms with Crippen LogP contribution in [0.5, 0.6) is 5.75 Å². The molecule has 1 aromatic carbocycles. The second-order valence-corrected chi connectivity index (χ2v) is 6.76. The fourth-order valence-electron chi connectivity index (χ4n) is 2.50. The third kappa shape index (κ3) is 6.15. The third-order valence-corrected chi connectivity index (χ3v) is 4.53. The molecule has 0 atom stereocenters. The molecule has 6 heteroatoms. The number of likely N-dealkylation sites (tertiary alicyclic amines) is 1. The predicted octanol–water partition coefficient (Wildman–Crippen LogP) is 3.47. The number of nitrogens with one attached hydrogen (secondary N) is 1.